The Morgan fingerprint density at radius 3 is 2.57 bits per heavy atom. The molecule has 1 amide bonds. The fourth-order valence-electron chi connectivity index (χ4n) is 3.23. The molecule has 1 aromatic carbocycles. The molecule has 3 rings (SSSR count). The van der Waals surface area contributed by atoms with Gasteiger partial charge in [-0.2, -0.15) is 0 Å². The first-order chi connectivity index (χ1) is 11.1. The van der Waals surface area contributed by atoms with Crippen LogP contribution in [0, 0.1) is 11.7 Å². The Labute approximate surface area is 135 Å². The lowest BCUT2D eigenvalue weighted by Crippen LogP contribution is -2.36. The van der Waals surface area contributed by atoms with Crippen LogP contribution in [0.15, 0.2) is 36.7 Å². The highest BCUT2D eigenvalue weighted by atomic mass is 19.1. The fourth-order valence-corrected chi connectivity index (χ4v) is 3.23. The van der Waals surface area contributed by atoms with Gasteiger partial charge in [0, 0.05) is 25.4 Å². The maximum atomic E-state index is 13.2. The third-order valence-electron chi connectivity index (χ3n) is 4.58. The molecule has 2 aromatic rings. The van der Waals surface area contributed by atoms with Gasteiger partial charge in [-0.15, -0.1) is 0 Å². The van der Waals surface area contributed by atoms with Crippen molar-refractivity contribution in [3.05, 3.63) is 53.9 Å². The minimum absolute atomic E-state index is 0.0713. The molecule has 1 N–H and O–H groups in total. The van der Waals surface area contributed by atoms with E-state index in [4.69, 9.17) is 0 Å². The molecule has 0 aliphatic heterocycles. The first-order valence-corrected chi connectivity index (χ1v) is 8.18. The van der Waals surface area contributed by atoms with Crippen molar-refractivity contribution < 1.29 is 9.18 Å². The van der Waals surface area contributed by atoms with Crippen LogP contribution in [-0.2, 0) is 11.8 Å². The van der Waals surface area contributed by atoms with Crippen molar-refractivity contribution in [3.63, 3.8) is 0 Å². The van der Waals surface area contributed by atoms with E-state index in [1.165, 1.54) is 18.6 Å². The van der Waals surface area contributed by atoms with Crippen LogP contribution in [0.25, 0.3) is 0 Å². The van der Waals surface area contributed by atoms with Crippen molar-refractivity contribution in [3.8, 4) is 0 Å². The zero-order valence-corrected chi connectivity index (χ0v) is 13.3. The Balaban J connectivity index is 1.84. The summed E-state index contributed by atoms with van der Waals surface area (Å²) < 4.78 is 15.1. The number of imidazole rings is 1. The van der Waals surface area contributed by atoms with E-state index in [1.54, 1.807) is 18.3 Å². The summed E-state index contributed by atoms with van der Waals surface area (Å²) in [4.78, 5) is 17.0. The third kappa shape index (κ3) is 3.60. The summed E-state index contributed by atoms with van der Waals surface area (Å²) in [6.45, 7) is 0. The zero-order chi connectivity index (χ0) is 16.2. The highest BCUT2D eigenvalue weighted by Gasteiger charge is 2.26. The van der Waals surface area contributed by atoms with E-state index in [9.17, 15) is 9.18 Å². The molecule has 1 atom stereocenters. The van der Waals surface area contributed by atoms with Gasteiger partial charge in [0.15, 0.2) is 0 Å². The number of carbonyl (C=O) groups is 1. The second-order valence-electron chi connectivity index (χ2n) is 6.22. The number of amides is 1. The molecule has 1 heterocycles. The molecule has 0 bridgehead atoms. The lowest BCUT2D eigenvalue weighted by Gasteiger charge is -2.25. The predicted octanol–water partition coefficient (Wildman–Crippen LogP) is 3.35. The number of benzene rings is 1. The number of carbonyl (C=O) groups excluding carboxylic acids is 1. The maximum absolute atomic E-state index is 13.2. The van der Waals surface area contributed by atoms with Crippen molar-refractivity contribution in [1.82, 2.24) is 14.9 Å². The molecule has 0 saturated heterocycles. The summed E-state index contributed by atoms with van der Waals surface area (Å²) in [6, 6.07) is 5.88. The van der Waals surface area contributed by atoms with Gasteiger partial charge in [-0.05, 0) is 30.5 Å². The summed E-state index contributed by atoms with van der Waals surface area (Å²) in [7, 11) is 1.89. The lowest BCUT2D eigenvalue weighted by atomic mass is 9.88. The van der Waals surface area contributed by atoms with Crippen molar-refractivity contribution >= 4 is 5.91 Å². The van der Waals surface area contributed by atoms with E-state index >= 15 is 0 Å². The van der Waals surface area contributed by atoms with Crippen LogP contribution in [0.2, 0.25) is 0 Å². The van der Waals surface area contributed by atoms with Crippen LogP contribution in [-0.4, -0.2) is 15.5 Å². The minimum atomic E-state index is -0.356. The second kappa shape index (κ2) is 6.94. The van der Waals surface area contributed by atoms with Crippen LogP contribution in [0.5, 0.6) is 0 Å². The Hall–Kier alpha value is -2.17. The average Bonchev–Trinajstić information content (AvgIpc) is 3.00. The number of nitrogens with one attached hydrogen (secondary N) is 1. The smallest absolute Gasteiger partial charge is 0.223 e. The number of halogens is 1. The first kappa shape index (κ1) is 15.7. The monoisotopic (exact) mass is 315 g/mol. The summed E-state index contributed by atoms with van der Waals surface area (Å²) in [5.41, 5.74) is 0.838. The van der Waals surface area contributed by atoms with Gasteiger partial charge in [0.2, 0.25) is 5.91 Å². The Morgan fingerprint density at radius 1 is 1.26 bits per heavy atom. The Bertz CT molecular complexity index is 659. The molecule has 1 aliphatic carbocycles. The molecule has 23 heavy (non-hydrogen) atoms. The Kier molecular flexibility index (Phi) is 4.74. The zero-order valence-electron chi connectivity index (χ0n) is 13.3. The molecule has 1 unspecified atom stereocenters. The summed E-state index contributed by atoms with van der Waals surface area (Å²) in [5.74, 6) is 0.612. The summed E-state index contributed by atoms with van der Waals surface area (Å²) in [6.07, 6.45) is 8.89. The van der Waals surface area contributed by atoms with E-state index in [2.05, 4.69) is 10.3 Å². The largest absolute Gasteiger partial charge is 0.342 e. The molecule has 1 aromatic heterocycles. The molecule has 1 fully saturated rings. The predicted molar refractivity (Wildman–Crippen MR) is 86.2 cm³/mol. The number of nitrogens with zero attached hydrogens (tertiary/aromatic N) is 2. The number of aromatic nitrogens is 2. The molecule has 0 radical (unpaired) electrons. The van der Waals surface area contributed by atoms with Gasteiger partial charge in [-0.25, -0.2) is 9.37 Å². The SMILES string of the molecule is Cn1ccnc1C(NC(=O)C1CCCCC1)c1ccc(F)cc1. The van der Waals surface area contributed by atoms with Crippen molar-refractivity contribution in [2.24, 2.45) is 13.0 Å². The standard InChI is InChI=1S/C18H22FN3O/c1-22-12-11-20-17(22)16(13-7-9-15(19)10-8-13)21-18(23)14-5-3-2-4-6-14/h7-12,14,16H,2-6H2,1H3,(H,21,23). The molecule has 4 nitrogen and oxygen atoms in total. The van der Waals surface area contributed by atoms with Gasteiger partial charge in [0.1, 0.15) is 17.7 Å². The topological polar surface area (TPSA) is 46.9 Å². The van der Waals surface area contributed by atoms with Gasteiger partial charge in [0.25, 0.3) is 0 Å². The third-order valence-corrected chi connectivity index (χ3v) is 4.58. The van der Waals surface area contributed by atoms with E-state index in [-0.39, 0.29) is 23.7 Å². The quantitative estimate of drug-likeness (QED) is 0.940. The van der Waals surface area contributed by atoms with Gasteiger partial charge in [0.05, 0.1) is 0 Å². The maximum Gasteiger partial charge on any atom is 0.223 e. The summed E-state index contributed by atoms with van der Waals surface area (Å²) in [5, 5.41) is 3.12. The van der Waals surface area contributed by atoms with Crippen LogP contribution in [0.4, 0.5) is 4.39 Å². The van der Waals surface area contributed by atoms with Crippen LogP contribution in [0.1, 0.15) is 49.5 Å². The van der Waals surface area contributed by atoms with Crippen LogP contribution in [0.3, 0.4) is 0 Å². The number of hydrogen-bond donors (Lipinski definition) is 1. The van der Waals surface area contributed by atoms with Gasteiger partial charge < -0.3 is 9.88 Å². The number of rotatable bonds is 4. The van der Waals surface area contributed by atoms with Crippen molar-refractivity contribution in [2.75, 3.05) is 0 Å². The highest BCUT2D eigenvalue weighted by molar-refractivity contribution is 5.79. The van der Waals surface area contributed by atoms with E-state index in [1.807, 2.05) is 17.8 Å². The highest BCUT2D eigenvalue weighted by Crippen LogP contribution is 2.26. The lowest BCUT2D eigenvalue weighted by molar-refractivity contribution is -0.126. The van der Waals surface area contributed by atoms with Crippen molar-refractivity contribution in [1.29, 1.82) is 0 Å². The van der Waals surface area contributed by atoms with Crippen molar-refractivity contribution in [2.45, 2.75) is 38.1 Å². The first-order valence-electron chi connectivity index (χ1n) is 8.18. The average molecular weight is 315 g/mol. The van der Waals surface area contributed by atoms with E-state index in [0.717, 1.165) is 37.1 Å². The number of hydrogen-bond acceptors (Lipinski definition) is 2. The summed E-state index contributed by atoms with van der Waals surface area (Å²) >= 11 is 0. The van der Waals surface area contributed by atoms with Gasteiger partial charge in [-0.1, -0.05) is 31.4 Å². The molecular formula is C18H22FN3O. The molecule has 1 saturated carbocycles. The molecule has 122 valence electrons. The van der Waals surface area contributed by atoms with E-state index in [0.29, 0.717) is 0 Å². The second-order valence-corrected chi connectivity index (χ2v) is 6.22. The molecule has 0 spiro atoms. The minimum Gasteiger partial charge on any atom is -0.342 e. The van der Waals surface area contributed by atoms with E-state index < -0.39 is 0 Å². The molecule has 5 heteroatoms. The fraction of sp³-hybridized carbons (Fsp3) is 0.444. The Morgan fingerprint density at radius 2 is 1.96 bits per heavy atom. The van der Waals surface area contributed by atoms with Gasteiger partial charge >= 0.3 is 0 Å². The normalized spacial score (nSPS) is 17.0. The van der Waals surface area contributed by atoms with Gasteiger partial charge in [-0.3, -0.25) is 4.79 Å². The van der Waals surface area contributed by atoms with Crippen LogP contribution >= 0.6 is 0 Å². The molecule has 1 aliphatic rings. The molecular weight excluding hydrogens is 293 g/mol. The van der Waals surface area contributed by atoms with Crippen LogP contribution < -0.4 is 5.32 Å². The number of aryl methyl sites for hydroxylation is 1.